The summed E-state index contributed by atoms with van der Waals surface area (Å²) >= 11 is 2.99. The normalized spacial score (nSPS) is 20.2. The number of sulfonamides is 1. The lowest BCUT2D eigenvalue weighted by Crippen LogP contribution is -2.40. The topological polar surface area (TPSA) is 74.7 Å². The lowest BCUT2D eigenvalue weighted by Gasteiger charge is -2.20. The maximum Gasteiger partial charge on any atom is 0.322 e. The molecule has 110 valence electrons. The molecule has 0 radical (unpaired) electrons. The summed E-state index contributed by atoms with van der Waals surface area (Å²) in [6, 6.07) is 3.04. The highest BCUT2D eigenvalue weighted by atomic mass is 79.9. The molecule has 1 aliphatic rings. The number of rotatable bonds is 4. The van der Waals surface area contributed by atoms with Crippen LogP contribution in [0.4, 0.5) is 4.39 Å². The third kappa shape index (κ3) is 3.18. The largest absolute Gasteiger partial charge is 0.480 e. The molecule has 1 unspecified atom stereocenters. The monoisotopic (exact) mass is 365 g/mol. The van der Waals surface area contributed by atoms with Gasteiger partial charge in [0.1, 0.15) is 11.9 Å². The van der Waals surface area contributed by atoms with Gasteiger partial charge in [-0.05, 0) is 46.5 Å². The maximum absolute atomic E-state index is 13.4. The van der Waals surface area contributed by atoms with Gasteiger partial charge in [0.2, 0.25) is 10.0 Å². The number of carboxylic acids is 1. The molecule has 0 saturated carbocycles. The van der Waals surface area contributed by atoms with Crippen molar-refractivity contribution in [2.45, 2.75) is 24.6 Å². The van der Waals surface area contributed by atoms with Crippen molar-refractivity contribution in [1.82, 2.24) is 4.31 Å². The Bertz CT molecular complexity index is 634. The van der Waals surface area contributed by atoms with Crippen LogP contribution < -0.4 is 0 Å². The maximum atomic E-state index is 13.4. The molecule has 20 heavy (non-hydrogen) atoms. The van der Waals surface area contributed by atoms with Crippen LogP contribution in [-0.4, -0.2) is 36.4 Å². The van der Waals surface area contributed by atoms with Gasteiger partial charge >= 0.3 is 5.97 Å². The van der Waals surface area contributed by atoms with Crippen molar-refractivity contribution >= 4 is 31.9 Å². The van der Waals surface area contributed by atoms with Crippen LogP contribution in [0.2, 0.25) is 0 Å². The minimum Gasteiger partial charge on any atom is -0.480 e. The molecule has 5 nitrogen and oxygen atoms in total. The first-order valence-electron chi connectivity index (χ1n) is 5.97. The highest BCUT2D eigenvalue weighted by Gasteiger charge is 2.38. The van der Waals surface area contributed by atoms with E-state index in [4.69, 9.17) is 5.11 Å². The molecule has 2 rings (SSSR count). The SMILES string of the molecule is O=C(O)C1CCCN1S(=O)(=O)Cc1ccc(Br)c(F)c1. The van der Waals surface area contributed by atoms with E-state index in [0.717, 1.165) is 10.4 Å². The molecule has 0 bridgehead atoms. The number of nitrogens with zero attached hydrogens (tertiary/aromatic N) is 1. The average molecular weight is 366 g/mol. The fourth-order valence-corrected chi connectivity index (χ4v) is 4.25. The summed E-state index contributed by atoms with van der Waals surface area (Å²) in [5.74, 6) is -2.09. The Morgan fingerprint density at radius 1 is 1.50 bits per heavy atom. The van der Waals surface area contributed by atoms with Gasteiger partial charge in [0.25, 0.3) is 0 Å². The number of halogens is 2. The summed E-state index contributed by atoms with van der Waals surface area (Å²) in [5.41, 5.74) is 0.293. The van der Waals surface area contributed by atoms with Crippen LogP contribution in [0.15, 0.2) is 22.7 Å². The van der Waals surface area contributed by atoms with Gasteiger partial charge < -0.3 is 5.11 Å². The van der Waals surface area contributed by atoms with Crippen molar-refractivity contribution in [3.8, 4) is 0 Å². The molecule has 1 N–H and O–H groups in total. The first-order valence-corrected chi connectivity index (χ1v) is 8.38. The smallest absolute Gasteiger partial charge is 0.322 e. The van der Waals surface area contributed by atoms with Crippen molar-refractivity contribution < 1.29 is 22.7 Å². The van der Waals surface area contributed by atoms with Crippen molar-refractivity contribution in [2.24, 2.45) is 0 Å². The van der Waals surface area contributed by atoms with E-state index in [2.05, 4.69) is 15.9 Å². The van der Waals surface area contributed by atoms with Crippen LogP contribution in [0.3, 0.4) is 0 Å². The highest BCUT2D eigenvalue weighted by Crippen LogP contribution is 2.25. The van der Waals surface area contributed by atoms with Gasteiger partial charge in [-0.25, -0.2) is 12.8 Å². The second kappa shape index (κ2) is 5.79. The Morgan fingerprint density at radius 2 is 2.20 bits per heavy atom. The first kappa shape index (κ1) is 15.4. The Labute approximate surface area is 124 Å². The predicted molar refractivity (Wildman–Crippen MR) is 74.1 cm³/mol. The molecule has 1 saturated heterocycles. The van der Waals surface area contributed by atoms with E-state index in [1.165, 1.54) is 12.1 Å². The number of aliphatic carboxylic acids is 1. The van der Waals surface area contributed by atoms with E-state index < -0.39 is 33.6 Å². The van der Waals surface area contributed by atoms with Gasteiger partial charge in [-0.3, -0.25) is 4.79 Å². The van der Waals surface area contributed by atoms with Gasteiger partial charge in [-0.1, -0.05) is 6.07 Å². The molecule has 1 atom stereocenters. The average Bonchev–Trinajstić information content (AvgIpc) is 2.83. The van der Waals surface area contributed by atoms with Gasteiger partial charge in [0.15, 0.2) is 0 Å². The number of hydrogen-bond acceptors (Lipinski definition) is 3. The third-order valence-electron chi connectivity index (χ3n) is 3.18. The summed E-state index contributed by atoms with van der Waals surface area (Å²) in [7, 11) is -3.77. The summed E-state index contributed by atoms with van der Waals surface area (Å²) in [6.07, 6.45) is 0.828. The van der Waals surface area contributed by atoms with E-state index in [1.807, 2.05) is 0 Å². The summed E-state index contributed by atoms with van der Waals surface area (Å²) in [4.78, 5) is 11.0. The van der Waals surface area contributed by atoms with E-state index in [-0.39, 0.29) is 11.0 Å². The van der Waals surface area contributed by atoms with E-state index in [9.17, 15) is 17.6 Å². The predicted octanol–water partition coefficient (Wildman–Crippen LogP) is 1.97. The van der Waals surface area contributed by atoms with Crippen molar-refractivity contribution in [1.29, 1.82) is 0 Å². The Morgan fingerprint density at radius 3 is 2.80 bits per heavy atom. The zero-order valence-corrected chi connectivity index (χ0v) is 12.8. The van der Waals surface area contributed by atoms with E-state index >= 15 is 0 Å². The van der Waals surface area contributed by atoms with Crippen molar-refractivity contribution in [3.63, 3.8) is 0 Å². The Balaban J connectivity index is 2.22. The minimum absolute atomic E-state index is 0.193. The van der Waals surface area contributed by atoms with Crippen LogP contribution in [-0.2, 0) is 20.6 Å². The second-order valence-corrected chi connectivity index (χ2v) is 7.39. The molecule has 0 aliphatic carbocycles. The molecule has 1 aromatic rings. The van der Waals surface area contributed by atoms with E-state index in [1.54, 1.807) is 0 Å². The first-order chi connectivity index (χ1) is 9.31. The summed E-state index contributed by atoms with van der Waals surface area (Å²) in [5, 5.41) is 9.02. The Hall–Kier alpha value is -0.990. The third-order valence-corrected chi connectivity index (χ3v) is 5.67. The van der Waals surface area contributed by atoms with Gasteiger partial charge in [-0.2, -0.15) is 4.31 Å². The molecule has 1 aliphatic heterocycles. The summed E-state index contributed by atoms with van der Waals surface area (Å²) < 4.78 is 39.1. The van der Waals surface area contributed by atoms with Gasteiger partial charge in [0, 0.05) is 6.54 Å². The van der Waals surface area contributed by atoms with Crippen LogP contribution in [0.1, 0.15) is 18.4 Å². The van der Waals surface area contributed by atoms with Gasteiger partial charge in [0.05, 0.1) is 10.2 Å². The van der Waals surface area contributed by atoms with Gasteiger partial charge in [-0.15, -0.1) is 0 Å². The van der Waals surface area contributed by atoms with E-state index in [0.29, 0.717) is 18.4 Å². The number of carboxylic acid groups (broad SMARTS) is 1. The highest BCUT2D eigenvalue weighted by molar-refractivity contribution is 9.10. The minimum atomic E-state index is -3.77. The van der Waals surface area contributed by atoms with Crippen LogP contribution in [0, 0.1) is 5.82 Å². The second-order valence-electron chi connectivity index (χ2n) is 4.61. The lowest BCUT2D eigenvalue weighted by atomic mass is 10.2. The molecule has 1 heterocycles. The fourth-order valence-electron chi connectivity index (χ4n) is 2.24. The fraction of sp³-hybridized carbons (Fsp3) is 0.417. The number of carbonyl (C=O) groups is 1. The lowest BCUT2D eigenvalue weighted by molar-refractivity contribution is -0.140. The van der Waals surface area contributed by atoms with Crippen LogP contribution in [0.25, 0.3) is 0 Å². The number of benzene rings is 1. The van der Waals surface area contributed by atoms with Crippen molar-refractivity contribution in [2.75, 3.05) is 6.54 Å². The quantitative estimate of drug-likeness (QED) is 0.884. The molecular formula is C12H13BrFNO4S. The molecular weight excluding hydrogens is 353 g/mol. The van der Waals surface area contributed by atoms with Crippen LogP contribution >= 0.6 is 15.9 Å². The summed E-state index contributed by atoms with van der Waals surface area (Å²) in [6.45, 7) is 0.193. The standard InChI is InChI=1S/C12H13BrFNO4S/c13-9-4-3-8(6-10(9)14)7-20(18,19)15-5-1-2-11(15)12(16)17/h3-4,6,11H,1-2,5,7H2,(H,16,17). The molecule has 1 fully saturated rings. The molecule has 1 aromatic carbocycles. The zero-order chi connectivity index (χ0) is 14.9. The molecule has 0 amide bonds. The van der Waals surface area contributed by atoms with Crippen molar-refractivity contribution in [3.05, 3.63) is 34.1 Å². The van der Waals surface area contributed by atoms with Crippen LogP contribution in [0.5, 0.6) is 0 Å². The number of hydrogen-bond donors (Lipinski definition) is 1. The molecule has 0 aromatic heterocycles. The zero-order valence-electron chi connectivity index (χ0n) is 10.4. The molecule has 8 heteroatoms. The molecule has 0 spiro atoms. The Kier molecular flexibility index (Phi) is 4.46.